The molecule has 1 amide bonds. The van der Waals surface area contributed by atoms with Gasteiger partial charge in [0.15, 0.2) is 5.78 Å². The van der Waals surface area contributed by atoms with Crippen LogP contribution in [0.1, 0.15) is 97.3 Å². The first-order valence-corrected chi connectivity index (χ1v) is 12.4. The molecule has 0 unspecified atom stereocenters. The van der Waals surface area contributed by atoms with E-state index in [0.717, 1.165) is 19.3 Å². The maximum atomic E-state index is 12.9. The summed E-state index contributed by atoms with van der Waals surface area (Å²) in [6, 6.07) is -0.780. The normalized spacial score (nSPS) is 14.3. The first kappa shape index (κ1) is 29.7. The number of allylic oxidation sites excluding steroid dienone is 1. The molecule has 0 aliphatic heterocycles. The van der Waals surface area contributed by atoms with Crippen LogP contribution in [0.4, 0.5) is 0 Å². The van der Waals surface area contributed by atoms with Crippen molar-refractivity contribution in [1.82, 2.24) is 5.32 Å². The van der Waals surface area contributed by atoms with Crippen LogP contribution in [0.3, 0.4) is 0 Å². The number of aliphatic carboxylic acids is 1. The summed E-state index contributed by atoms with van der Waals surface area (Å²) in [5.74, 6) is -2.19. The largest absolute Gasteiger partial charge is 0.481 e. The molecule has 0 fully saturated rings. The quantitative estimate of drug-likeness (QED) is 0.121. The molecule has 0 aromatic rings. The van der Waals surface area contributed by atoms with Crippen LogP contribution in [0, 0.1) is 5.92 Å². The zero-order valence-electron chi connectivity index (χ0n) is 19.4. The second-order valence-electron chi connectivity index (χ2n) is 8.26. The van der Waals surface area contributed by atoms with Crippen molar-refractivity contribution >= 4 is 30.3 Å². The number of hydrogen-bond acceptors (Lipinski definition) is 5. The minimum absolute atomic E-state index is 0.0537. The summed E-state index contributed by atoms with van der Waals surface area (Å²) in [5.41, 5.74) is 0. The Morgan fingerprint density at radius 2 is 1.55 bits per heavy atom. The van der Waals surface area contributed by atoms with Crippen LogP contribution in [0.15, 0.2) is 12.2 Å². The summed E-state index contributed by atoms with van der Waals surface area (Å²) in [7, 11) is 0. The van der Waals surface area contributed by atoms with Crippen molar-refractivity contribution in [1.29, 1.82) is 0 Å². The lowest BCUT2D eigenvalue weighted by molar-refractivity contribution is -0.137. The lowest BCUT2D eigenvalue weighted by atomic mass is 9.89. The molecule has 0 aromatic carbocycles. The Balaban J connectivity index is 4.59. The van der Waals surface area contributed by atoms with E-state index in [9.17, 15) is 19.5 Å². The van der Waals surface area contributed by atoms with E-state index >= 15 is 0 Å². The predicted molar refractivity (Wildman–Crippen MR) is 128 cm³/mol. The van der Waals surface area contributed by atoms with Gasteiger partial charge in [-0.05, 0) is 25.7 Å². The maximum Gasteiger partial charge on any atom is 0.303 e. The summed E-state index contributed by atoms with van der Waals surface area (Å²) in [4.78, 5) is 35.0. The number of aliphatic hydroxyl groups is 1. The number of amides is 1. The third-order valence-electron chi connectivity index (χ3n) is 5.35. The monoisotopic (exact) mass is 457 g/mol. The number of nitrogens with one attached hydrogen (secondary N) is 1. The number of carboxylic acids is 1. The minimum Gasteiger partial charge on any atom is -0.481 e. The van der Waals surface area contributed by atoms with Gasteiger partial charge in [-0.3, -0.25) is 14.4 Å². The molecular weight excluding hydrogens is 414 g/mol. The van der Waals surface area contributed by atoms with Gasteiger partial charge in [-0.1, -0.05) is 70.4 Å². The zero-order valence-corrected chi connectivity index (χ0v) is 20.2. The van der Waals surface area contributed by atoms with Crippen LogP contribution in [0.25, 0.3) is 0 Å². The predicted octanol–water partition coefficient (Wildman–Crippen LogP) is 4.70. The summed E-state index contributed by atoms with van der Waals surface area (Å²) in [5, 5.41) is 21.9. The van der Waals surface area contributed by atoms with Crippen molar-refractivity contribution in [3.8, 4) is 0 Å². The Morgan fingerprint density at radius 1 is 0.968 bits per heavy atom. The summed E-state index contributed by atoms with van der Waals surface area (Å²) < 4.78 is 0. The number of aliphatic hydroxyl groups excluding tert-OH is 1. The van der Waals surface area contributed by atoms with Crippen molar-refractivity contribution in [2.24, 2.45) is 5.92 Å². The molecule has 0 radical (unpaired) electrons. The van der Waals surface area contributed by atoms with Gasteiger partial charge in [0.1, 0.15) is 0 Å². The van der Waals surface area contributed by atoms with Crippen LogP contribution >= 0.6 is 12.6 Å². The lowest BCUT2D eigenvalue weighted by Crippen LogP contribution is -2.46. The number of rotatable bonds is 20. The molecule has 0 bridgehead atoms. The minimum atomic E-state index is -0.984. The van der Waals surface area contributed by atoms with Gasteiger partial charge >= 0.3 is 5.97 Å². The molecule has 6 nitrogen and oxygen atoms in total. The second-order valence-corrected chi connectivity index (χ2v) is 8.63. The number of carbonyl (C=O) groups is 3. The van der Waals surface area contributed by atoms with Crippen molar-refractivity contribution in [2.75, 3.05) is 5.75 Å². The van der Waals surface area contributed by atoms with E-state index in [1.165, 1.54) is 51.9 Å². The van der Waals surface area contributed by atoms with E-state index in [-0.39, 0.29) is 36.7 Å². The van der Waals surface area contributed by atoms with Crippen LogP contribution in [0.2, 0.25) is 0 Å². The molecule has 0 aromatic heterocycles. The van der Waals surface area contributed by atoms with E-state index < -0.39 is 24.0 Å². The highest BCUT2D eigenvalue weighted by Crippen LogP contribution is 2.18. The lowest BCUT2D eigenvalue weighted by Gasteiger charge is -2.23. The number of thiol groups is 1. The fourth-order valence-electron chi connectivity index (χ4n) is 3.55. The van der Waals surface area contributed by atoms with Crippen LogP contribution in [-0.4, -0.2) is 45.8 Å². The molecule has 0 heterocycles. The Labute approximate surface area is 193 Å². The number of Topliss-reactive ketones (excluding diaryl/α,β-unsaturated/α-hetero) is 1. The van der Waals surface area contributed by atoms with Crippen LogP contribution in [-0.2, 0) is 14.4 Å². The highest BCUT2D eigenvalue weighted by Gasteiger charge is 2.30. The van der Waals surface area contributed by atoms with Gasteiger partial charge in [0.25, 0.3) is 0 Å². The van der Waals surface area contributed by atoms with Crippen molar-refractivity contribution < 1.29 is 24.6 Å². The first-order chi connectivity index (χ1) is 14.8. The van der Waals surface area contributed by atoms with Crippen molar-refractivity contribution in [2.45, 2.75) is 109 Å². The van der Waals surface area contributed by atoms with E-state index in [2.05, 4.69) is 24.9 Å². The Hall–Kier alpha value is -1.34. The molecule has 0 aliphatic carbocycles. The molecular formula is C24H43NO5S. The highest BCUT2D eigenvalue weighted by atomic mass is 32.1. The summed E-state index contributed by atoms with van der Waals surface area (Å²) in [6.07, 6.45) is 15.1. The van der Waals surface area contributed by atoms with Gasteiger partial charge in [0.2, 0.25) is 5.91 Å². The SMILES string of the molecule is CCCCCCCCCCCC=C[C@H](C(=O)[C@H](CS)NC(C)=O)[C@@H](O)CCCC(=O)O. The molecule has 180 valence electrons. The van der Waals surface area contributed by atoms with Gasteiger partial charge in [-0.15, -0.1) is 0 Å². The smallest absolute Gasteiger partial charge is 0.303 e. The van der Waals surface area contributed by atoms with Gasteiger partial charge in [-0.2, -0.15) is 12.6 Å². The van der Waals surface area contributed by atoms with Gasteiger partial charge in [0.05, 0.1) is 18.1 Å². The van der Waals surface area contributed by atoms with E-state index in [4.69, 9.17) is 5.11 Å². The number of unbranched alkanes of at least 4 members (excludes halogenated alkanes) is 9. The first-order valence-electron chi connectivity index (χ1n) is 11.8. The third-order valence-corrected chi connectivity index (χ3v) is 5.72. The molecule has 0 spiro atoms. The van der Waals surface area contributed by atoms with Gasteiger partial charge in [0, 0.05) is 19.1 Å². The van der Waals surface area contributed by atoms with Crippen molar-refractivity contribution in [3.63, 3.8) is 0 Å². The number of carbonyl (C=O) groups excluding carboxylic acids is 2. The second kappa shape index (κ2) is 19.4. The Kier molecular flexibility index (Phi) is 18.5. The average molecular weight is 458 g/mol. The van der Waals surface area contributed by atoms with Crippen molar-refractivity contribution in [3.05, 3.63) is 12.2 Å². The van der Waals surface area contributed by atoms with E-state index in [0.29, 0.717) is 0 Å². The number of hydrogen-bond donors (Lipinski definition) is 4. The van der Waals surface area contributed by atoms with Gasteiger partial charge in [-0.25, -0.2) is 0 Å². The maximum absolute atomic E-state index is 12.9. The summed E-state index contributed by atoms with van der Waals surface area (Å²) in [6.45, 7) is 3.56. The van der Waals surface area contributed by atoms with Crippen LogP contribution < -0.4 is 5.32 Å². The molecule has 0 rings (SSSR count). The Bertz CT molecular complexity index is 538. The molecule has 3 atom stereocenters. The number of carboxylic acid groups (broad SMARTS) is 1. The van der Waals surface area contributed by atoms with E-state index in [1.54, 1.807) is 6.08 Å². The third kappa shape index (κ3) is 16.0. The fourth-order valence-corrected chi connectivity index (χ4v) is 3.83. The highest BCUT2D eigenvalue weighted by molar-refractivity contribution is 7.80. The Morgan fingerprint density at radius 3 is 2.06 bits per heavy atom. The van der Waals surface area contributed by atoms with Gasteiger partial charge < -0.3 is 15.5 Å². The standard InChI is InChI=1S/C24H43NO5S/c1-3-4-5-6-7-8-9-10-11-12-13-15-20(22(27)16-14-17-23(28)29)24(30)21(18-31)25-19(2)26/h13,15,20-22,27,31H,3-12,14,16-18H2,1-2H3,(H,25,26)(H,28,29)/t20-,21-,22-/m0/s1. The fraction of sp³-hybridized carbons (Fsp3) is 0.792. The topological polar surface area (TPSA) is 104 Å². The zero-order chi connectivity index (χ0) is 23.5. The molecule has 0 aliphatic rings. The average Bonchev–Trinajstić information content (AvgIpc) is 2.72. The molecule has 31 heavy (non-hydrogen) atoms. The molecule has 0 saturated carbocycles. The summed E-state index contributed by atoms with van der Waals surface area (Å²) >= 11 is 4.15. The van der Waals surface area contributed by atoms with Crippen LogP contribution in [0.5, 0.6) is 0 Å². The van der Waals surface area contributed by atoms with E-state index in [1.807, 2.05) is 6.08 Å². The molecule has 0 saturated heterocycles. The number of ketones is 1. The molecule has 7 heteroatoms. The molecule has 3 N–H and O–H groups in total.